The molecular formula is C24H39N5O3. The zero-order valence-electron chi connectivity index (χ0n) is 20.2. The molecule has 0 saturated carbocycles. The van der Waals surface area contributed by atoms with Crippen molar-refractivity contribution in [2.24, 2.45) is 4.99 Å². The number of hydrogen-bond donors (Lipinski definition) is 2. The summed E-state index contributed by atoms with van der Waals surface area (Å²) in [5.41, 5.74) is 2.14. The topological polar surface area (TPSA) is 84.2 Å². The Morgan fingerprint density at radius 3 is 2.59 bits per heavy atom. The molecule has 0 amide bonds. The first-order chi connectivity index (χ1) is 15.6. The smallest absolute Gasteiger partial charge is 0.191 e. The molecule has 0 bridgehead atoms. The summed E-state index contributed by atoms with van der Waals surface area (Å²) in [7, 11) is 5.53. The Balaban J connectivity index is 1.77. The van der Waals surface area contributed by atoms with Crippen LogP contribution in [0.5, 0.6) is 5.75 Å². The van der Waals surface area contributed by atoms with Gasteiger partial charge in [-0.15, -0.1) is 0 Å². The highest BCUT2D eigenvalue weighted by molar-refractivity contribution is 5.79. The standard InChI is InChI=1S/C24H39N5O3/c1-6-20(7-2)23-16-22(32-28-23)18-27-24(25-3)26-17-19-9-8-10-21(15-19)31-14-12-29(4)11-13-30-5/h8-10,15-16,20H,6-7,11-14,17-18H2,1-5H3,(H2,25,26,27). The normalized spacial score (nSPS) is 11.9. The molecule has 0 spiro atoms. The Labute approximate surface area is 192 Å². The lowest BCUT2D eigenvalue weighted by Crippen LogP contribution is -2.36. The molecule has 0 aliphatic carbocycles. The van der Waals surface area contributed by atoms with Crippen LogP contribution in [0.15, 0.2) is 39.8 Å². The van der Waals surface area contributed by atoms with Crippen LogP contribution in [0.3, 0.4) is 0 Å². The fraction of sp³-hybridized carbons (Fsp3) is 0.583. The summed E-state index contributed by atoms with van der Waals surface area (Å²) in [6.45, 7) is 8.62. The lowest BCUT2D eigenvalue weighted by molar-refractivity contribution is 0.150. The van der Waals surface area contributed by atoms with Crippen LogP contribution in [0.4, 0.5) is 0 Å². The Morgan fingerprint density at radius 1 is 1.12 bits per heavy atom. The van der Waals surface area contributed by atoms with Crippen LogP contribution in [-0.2, 0) is 17.8 Å². The molecule has 0 fully saturated rings. The number of rotatable bonds is 14. The summed E-state index contributed by atoms with van der Waals surface area (Å²) in [5.74, 6) is 2.82. The summed E-state index contributed by atoms with van der Waals surface area (Å²) in [5, 5.41) is 10.8. The van der Waals surface area contributed by atoms with Gasteiger partial charge in [0, 0.05) is 45.8 Å². The largest absolute Gasteiger partial charge is 0.492 e. The minimum absolute atomic E-state index is 0.449. The molecule has 178 valence electrons. The van der Waals surface area contributed by atoms with Gasteiger partial charge >= 0.3 is 0 Å². The average Bonchev–Trinajstić information content (AvgIpc) is 3.27. The van der Waals surface area contributed by atoms with Gasteiger partial charge in [0.05, 0.1) is 18.8 Å². The van der Waals surface area contributed by atoms with Gasteiger partial charge in [0.15, 0.2) is 11.7 Å². The van der Waals surface area contributed by atoms with Crippen molar-refractivity contribution in [1.82, 2.24) is 20.7 Å². The predicted molar refractivity (Wildman–Crippen MR) is 128 cm³/mol. The SMILES string of the molecule is CCC(CC)c1cc(CNC(=NC)NCc2cccc(OCCN(C)CCOC)c2)on1. The van der Waals surface area contributed by atoms with E-state index in [2.05, 4.69) is 52.6 Å². The molecular weight excluding hydrogens is 406 g/mol. The van der Waals surface area contributed by atoms with E-state index < -0.39 is 0 Å². The average molecular weight is 446 g/mol. The maximum absolute atomic E-state index is 5.90. The zero-order chi connectivity index (χ0) is 23.2. The van der Waals surface area contributed by atoms with Gasteiger partial charge in [-0.25, -0.2) is 0 Å². The number of nitrogens with one attached hydrogen (secondary N) is 2. The predicted octanol–water partition coefficient (Wildman–Crippen LogP) is 3.40. The van der Waals surface area contributed by atoms with Crippen LogP contribution in [0, 0.1) is 0 Å². The number of benzene rings is 1. The van der Waals surface area contributed by atoms with Gasteiger partial charge < -0.3 is 29.5 Å². The number of aromatic nitrogens is 1. The molecule has 2 N–H and O–H groups in total. The van der Waals surface area contributed by atoms with Gasteiger partial charge in [-0.2, -0.15) is 0 Å². The Morgan fingerprint density at radius 2 is 1.88 bits per heavy atom. The van der Waals surface area contributed by atoms with E-state index in [4.69, 9.17) is 14.0 Å². The number of guanidine groups is 1. The van der Waals surface area contributed by atoms with E-state index in [1.54, 1.807) is 14.2 Å². The Hall–Kier alpha value is -2.58. The third-order valence-electron chi connectivity index (χ3n) is 5.41. The van der Waals surface area contributed by atoms with Gasteiger partial charge in [0.25, 0.3) is 0 Å². The highest BCUT2D eigenvalue weighted by atomic mass is 16.5. The van der Waals surface area contributed by atoms with Crippen LogP contribution < -0.4 is 15.4 Å². The molecule has 2 rings (SSSR count). The van der Waals surface area contributed by atoms with Crippen LogP contribution >= 0.6 is 0 Å². The molecule has 1 aromatic carbocycles. The monoisotopic (exact) mass is 445 g/mol. The van der Waals surface area contributed by atoms with Crippen molar-refractivity contribution in [3.63, 3.8) is 0 Å². The van der Waals surface area contributed by atoms with E-state index in [0.29, 0.717) is 31.6 Å². The van der Waals surface area contributed by atoms with E-state index in [1.165, 1.54) is 0 Å². The van der Waals surface area contributed by atoms with Crippen molar-refractivity contribution < 1.29 is 14.0 Å². The third-order valence-corrected chi connectivity index (χ3v) is 5.41. The van der Waals surface area contributed by atoms with Crippen LogP contribution in [-0.4, -0.2) is 63.5 Å². The Kier molecular flexibility index (Phi) is 11.6. The molecule has 1 heterocycles. The maximum atomic E-state index is 5.90. The van der Waals surface area contributed by atoms with Crippen LogP contribution in [0.1, 0.15) is 49.6 Å². The second kappa shape index (κ2) is 14.5. The van der Waals surface area contributed by atoms with E-state index in [9.17, 15) is 0 Å². The Bertz CT molecular complexity index is 804. The minimum Gasteiger partial charge on any atom is -0.492 e. The van der Waals surface area contributed by atoms with E-state index in [0.717, 1.165) is 55.3 Å². The zero-order valence-corrected chi connectivity index (χ0v) is 20.2. The van der Waals surface area contributed by atoms with Gasteiger partial charge in [0.1, 0.15) is 12.4 Å². The lowest BCUT2D eigenvalue weighted by atomic mass is 9.99. The highest BCUT2D eigenvalue weighted by Crippen LogP contribution is 2.22. The van der Waals surface area contributed by atoms with Crippen molar-refractivity contribution in [2.45, 2.75) is 45.7 Å². The molecule has 0 radical (unpaired) electrons. The number of hydrogen-bond acceptors (Lipinski definition) is 6. The second-order valence-corrected chi connectivity index (χ2v) is 7.80. The number of ether oxygens (including phenoxy) is 2. The first-order valence-electron chi connectivity index (χ1n) is 11.4. The van der Waals surface area contributed by atoms with Gasteiger partial charge in [-0.05, 0) is 37.6 Å². The van der Waals surface area contributed by atoms with Crippen molar-refractivity contribution >= 4 is 5.96 Å². The number of nitrogens with zero attached hydrogens (tertiary/aromatic N) is 3. The van der Waals surface area contributed by atoms with Crippen molar-refractivity contribution in [3.8, 4) is 5.75 Å². The van der Waals surface area contributed by atoms with Gasteiger partial charge in [-0.1, -0.05) is 31.1 Å². The summed E-state index contributed by atoms with van der Waals surface area (Å²) in [6, 6.07) is 10.1. The molecule has 32 heavy (non-hydrogen) atoms. The van der Waals surface area contributed by atoms with Crippen molar-refractivity contribution in [1.29, 1.82) is 0 Å². The molecule has 0 saturated heterocycles. The van der Waals surface area contributed by atoms with E-state index >= 15 is 0 Å². The summed E-state index contributed by atoms with van der Waals surface area (Å²) >= 11 is 0. The molecule has 8 heteroatoms. The van der Waals surface area contributed by atoms with Gasteiger partial charge in [0.2, 0.25) is 0 Å². The summed E-state index contributed by atoms with van der Waals surface area (Å²) in [4.78, 5) is 6.48. The van der Waals surface area contributed by atoms with Crippen LogP contribution in [0.25, 0.3) is 0 Å². The van der Waals surface area contributed by atoms with Crippen molar-refractivity contribution in [2.75, 3.05) is 47.5 Å². The summed E-state index contributed by atoms with van der Waals surface area (Å²) < 4.78 is 16.5. The lowest BCUT2D eigenvalue weighted by Gasteiger charge is -2.16. The number of methoxy groups -OCH3 is 1. The van der Waals surface area contributed by atoms with E-state index in [-0.39, 0.29) is 0 Å². The van der Waals surface area contributed by atoms with Crippen LogP contribution in [0.2, 0.25) is 0 Å². The molecule has 0 atom stereocenters. The molecule has 8 nitrogen and oxygen atoms in total. The maximum Gasteiger partial charge on any atom is 0.191 e. The molecule has 0 unspecified atom stereocenters. The second-order valence-electron chi connectivity index (χ2n) is 7.80. The molecule has 2 aromatic rings. The molecule has 0 aliphatic heterocycles. The fourth-order valence-corrected chi connectivity index (χ4v) is 3.31. The minimum atomic E-state index is 0.449. The first-order valence-corrected chi connectivity index (χ1v) is 11.4. The van der Waals surface area contributed by atoms with Gasteiger partial charge in [-0.3, -0.25) is 4.99 Å². The molecule has 0 aliphatic rings. The highest BCUT2D eigenvalue weighted by Gasteiger charge is 2.13. The quantitative estimate of drug-likeness (QED) is 0.341. The third kappa shape index (κ3) is 8.88. The number of aliphatic imine (C=N–C) groups is 1. The molecule has 1 aromatic heterocycles. The number of likely N-dealkylation sites (N-methyl/N-ethyl adjacent to an activating group) is 1. The first kappa shape index (κ1) is 25.7. The fourth-order valence-electron chi connectivity index (χ4n) is 3.31. The van der Waals surface area contributed by atoms with E-state index in [1.807, 2.05) is 24.3 Å². The summed E-state index contributed by atoms with van der Waals surface area (Å²) in [6.07, 6.45) is 2.12. The van der Waals surface area contributed by atoms with Crippen molar-refractivity contribution in [3.05, 3.63) is 47.3 Å².